The Morgan fingerprint density at radius 3 is 2.23 bits per heavy atom. The van der Waals surface area contributed by atoms with E-state index in [1.54, 1.807) is 26.2 Å². The summed E-state index contributed by atoms with van der Waals surface area (Å²) in [6.07, 6.45) is 1.82. The number of nitrogens with one attached hydrogen (secondary N) is 1. The Hall–Kier alpha value is -3.07. The molecule has 0 saturated heterocycles. The minimum Gasteiger partial charge on any atom is -0.497 e. The number of methoxy groups -OCH3 is 1. The standard InChI is InChI=1S/C21H25N3O5S/c1-5-6-7-20(25)22-16-12-17-18(24(3)21(26)23(17)2)13-19(16)30(27,28)15-10-8-14(29-4)9-11-15/h8-13H,5-7H2,1-4H3,(H,22,25). The Bertz CT molecular complexity index is 1250. The fraction of sp³-hybridized carbons (Fsp3) is 0.333. The fourth-order valence-electron chi connectivity index (χ4n) is 3.28. The molecule has 0 spiro atoms. The average Bonchev–Trinajstić information content (AvgIpc) is 2.95. The van der Waals surface area contributed by atoms with Crippen molar-refractivity contribution in [3.8, 4) is 5.75 Å². The molecular formula is C21H25N3O5S. The highest BCUT2D eigenvalue weighted by atomic mass is 32.2. The molecule has 30 heavy (non-hydrogen) atoms. The number of hydrogen-bond acceptors (Lipinski definition) is 5. The predicted octanol–water partition coefficient (Wildman–Crippen LogP) is 2.85. The first-order valence-corrected chi connectivity index (χ1v) is 11.1. The van der Waals surface area contributed by atoms with E-state index >= 15 is 0 Å². The van der Waals surface area contributed by atoms with Gasteiger partial charge in [0.25, 0.3) is 0 Å². The lowest BCUT2D eigenvalue weighted by molar-refractivity contribution is -0.116. The van der Waals surface area contributed by atoms with Crippen LogP contribution in [0.2, 0.25) is 0 Å². The minimum atomic E-state index is -3.97. The van der Waals surface area contributed by atoms with Crippen LogP contribution >= 0.6 is 0 Å². The summed E-state index contributed by atoms with van der Waals surface area (Å²) in [5, 5.41) is 2.72. The largest absolute Gasteiger partial charge is 0.497 e. The first kappa shape index (κ1) is 21.6. The number of benzene rings is 2. The SMILES string of the molecule is CCCCC(=O)Nc1cc2c(cc1S(=O)(=O)c1ccc(OC)cc1)n(C)c(=O)n2C. The molecule has 9 heteroatoms. The number of anilines is 1. The van der Waals surface area contributed by atoms with E-state index in [9.17, 15) is 18.0 Å². The number of fused-ring (bicyclic) bond motifs is 1. The summed E-state index contributed by atoms with van der Waals surface area (Å²) in [5.41, 5.74) is 0.857. The number of amides is 1. The monoisotopic (exact) mass is 431 g/mol. The first-order chi connectivity index (χ1) is 14.2. The third-order valence-corrected chi connectivity index (χ3v) is 6.87. The van der Waals surface area contributed by atoms with Crippen LogP contribution in [0, 0.1) is 0 Å². The molecule has 0 aliphatic carbocycles. The second-order valence-electron chi connectivity index (χ2n) is 7.07. The molecule has 160 valence electrons. The lowest BCUT2D eigenvalue weighted by Crippen LogP contribution is -2.19. The molecule has 1 amide bonds. The van der Waals surface area contributed by atoms with E-state index in [1.807, 2.05) is 6.92 Å². The summed E-state index contributed by atoms with van der Waals surface area (Å²) in [7, 11) is 0.709. The van der Waals surface area contributed by atoms with E-state index in [0.717, 1.165) is 6.42 Å². The molecule has 1 heterocycles. The summed E-state index contributed by atoms with van der Waals surface area (Å²) < 4.78 is 34.7. The number of ether oxygens (including phenoxy) is 1. The highest BCUT2D eigenvalue weighted by molar-refractivity contribution is 7.91. The van der Waals surface area contributed by atoms with Gasteiger partial charge in [-0.1, -0.05) is 13.3 Å². The van der Waals surface area contributed by atoms with Gasteiger partial charge in [-0.25, -0.2) is 13.2 Å². The maximum atomic E-state index is 13.4. The van der Waals surface area contributed by atoms with Crippen molar-refractivity contribution in [3.63, 3.8) is 0 Å². The number of imidazole rings is 1. The van der Waals surface area contributed by atoms with E-state index in [4.69, 9.17) is 4.74 Å². The molecule has 0 unspecified atom stereocenters. The van der Waals surface area contributed by atoms with Crippen LogP contribution in [0.5, 0.6) is 5.75 Å². The van der Waals surface area contributed by atoms with Crippen molar-refractivity contribution in [1.82, 2.24) is 9.13 Å². The third kappa shape index (κ3) is 3.85. The zero-order chi connectivity index (χ0) is 22.1. The number of rotatable bonds is 7. The van der Waals surface area contributed by atoms with Crippen molar-refractivity contribution in [2.24, 2.45) is 14.1 Å². The fourth-order valence-corrected chi connectivity index (χ4v) is 4.69. The van der Waals surface area contributed by atoms with Crippen molar-refractivity contribution in [1.29, 1.82) is 0 Å². The summed E-state index contributed by atoms with van der Waals surface area (Å²) in [6, 6.07) is 8.99. The topological polar surface area (TPSA) is 99.4 Å². The molecule has 1 aromatic heterocycles. The molecule has 1 N–H and O–H groups in total. The summed E-state index contributed by atoms with van der Waals surface area (Å²) in [5.74, 6) is 0.256. The van der Waals surface area contributed by atoms with E-state index in [2.05, 4.69) is 5.32 Å². The number of unbranched alkanes of at least 4 members (excludes halogenated alkanes) is 1. The molecule has 3 aromatic rings. The Morgan fingerprint density at radius 1 is 1.07 bits per heavy atom. The van der Waals surface area contributed by atoms with Crippen molar-refractivity contribution in [3.05, 3.63) is 46.9 Å². The zero-order valence-corrected chi connectivity index (χ0v) is 18.2. The second-order valence-corrected chi connectivity index (χ2v) is 8.99. The third-order valence-electron chi connectivity index (χ3n) is 5.06. The molecule has 0 atom stereocenters. The summed E-state index contributed by atoms with van der Waals surface area (Å²) in [6.45, 7) is 1.97. The molecular weight excluding hydrogens is 406 g/mol. The van der Waals surface area contributed by atoms with Gasteiger partial charge in [0.15, 0.2) is 0 Å². The van der Waals surface area contributed by atoms with Crippen LogP contribution in [0.4, 0.5) is 5.69 Å². The van der Waals surface area contributed by atoms with E-state index in [0.29, 0.717) is 23.2 Å². The van der Waals surface area contributed by atoms with E-state index in [1.165, 1.54) is 40.5 Å². The maximum absolute atomic E-state index is 13.4. The molecule has 0 bridgehead atoms. The Balaban J connectivity index is 2.21. The second kappa shape index (κ2) is 8.35. The van der Waals surface area contributed by atoms with Gasteiger partial charge in [0.1, 0.15) is 5.75 Å². The van der Waals surface area contributed by atoms with Gasteiger partial charge >= 0.3 is 5.69 Å². The molecule has 3 rings (SSSR count). The molecule has 0 radical (unpaired) electrons. The van der Waals surface area contributed by atoms with E-state index in [-0.39, 0.29) is 33.5 Å². The number of aryl methyl sites for hydroxylation is 2. The molecule has 0 saturated carbocycles. The van der Waals surface area contributed by atoms with Crippen molar-refractivity contribution in [2.45, 2.75) is 36.0 Å². The van der Waals surface area contributed by atoms with Gasteiger partial charge in [0.05, 0.1) is 33.6 Å². The maximum Gasteiger partial charge on any atom is 0.328 e. The van der Waals surface area contributed by atoms with Crippen molar-refractivity contribution in [2.75, 3.05) is 12.4 Å². The van der Waals surface area contributed by atoms with Gasteiger partial charge in [-0.15, -0.1) is 0 Å². The summed E-state index contributed by atoms with van der Waals surface area (Å²) in [4.78, 5) is 24.7. The minimum absolute atomic E-state index is 0.0626. The predicted molar refractivity (Wildman–Crippen MR) is 115 cm³/mol. The molecule has 2 aromatic carbocycles. The highest BCUT2D eigenvalue weighted by Crippen LogP contribution is 2.32. The zero-order valence-electron chi connectivity index (χ0n) is 17.4. The van der Waals surface area contributed by atoms with Crippen LogP contribution < -0.4 is 15.7 Å². The first-order valence-electron chi connectivity index (χ1n) is 9.59. The van der Waals surface area contributed by atoms with Gasteiger partial charge in [0.2, 0.25) is 15.7 Å². The van der Waals surface area contributed by atoms with Gasteiger partial charge < -0.3 is 10.1 Å². The number of aromatic nitrogens is 2. The normalized spacial score (nSPS) is 11.6. The van der Waals surface area contributed by atoms with Crippen LogP contribution in [0.25, 0.3) is 11.0 Å². The number of hydrogen-bond donors (Lipinski definition) is 1. The number of carbonyl (C=O) groups excluding carboxylic acids is 1. The van der Waals surface area contributed by atoms with Crippen LogP contribution in [-0.2, 0) is 28.7 Å². The van der Waals surface area contributed by atoms with Gasteiger partial charge in [-0.05, 0) is 42.8 Å². The van der Waals surface area contributed by atoms with Gasteiger partial charge in [0, 0.05) is 20.5 Å². The van der Waals surface area contributed by atoms with Crippen molar-refractivity contribution >= 4 is 32.5 Å². The highest BCUT2D eigenvalue weighted by Gasteiger charge is 2.25. The van der Waals surface area contributed by atoms with Gasteiger partial charge in [-0.2, -0.15) is 0 Å². The lowest BCUT2D eigenvalue weighted by Gasteiger charge is -2.13. The van der Waals surface area contributed by atoms with Crippen LogP contribution in [0.15, 0.2) is 51.0 Å². The molecule has 0 aliphatic rings. The van der Waals surface area contributed by atoms with E-state index < -0.39 is 9.84 Å². The average molecular weight is 432 g/mol. The van der Waals surface area contributed by atoms with Crippen LogP contribution in [-0.4, -0.2) is 30.6 Å². The molecule has 0 aliphatic heterocycles. The number of carbonyl (C=O) groups is 1. The van der Waals surface area contributed by atoms with Crippen molar-refractivity contribution < 1.29 is 17.9 Å². The van der Waals surface area contributed by atoms with Gasteiger partial charge in [-0.3, -0.25) is 13.9 Å². The quantitative estimate of drug-likeness (QED) is 0.620. The Labute approximate surface area is 175 Å². The van der Waals surface area contributed by atoms with Crippen LogP contribution in [0.3, 0.4) is 0 Å². The number of nitrogens with zero attached hydrogens (tertiary/aromatic N) is 2. The summed E-state index contributed by atoms with van der Waals surface area (Å²) >= 11 is 0. The molecule has 8 nitrogen and oxygen atoms in total. The Morgan fingerprint density at radius 2 is 1.67 bits per heavy atom. The molecule has 0 fully saturated rings. The van der Waals surface area contributed by atoms with Crippen LogP contribution in [0.1, 0.15) is 26.2 Å². The lowest BCUT2D eigenvalue weighted by atomic mass is 10.2. The smallest absolute Gasteiger partial charge is 0.328 e. The number of sulfone groups is 1. The Kier molecular flexibility index (Phi) is 6.02.